The number of imidazole rings is 1. The highest BCUT2D eigenvalue weighted by Crippen LogP contribution is 2.28. The summed E-state index contributed by atoms with van der Waals surface area (Å²) in [4.78, 5) is 15.2. The molecule has 2 aromatic rings. The fourth-order valence-electron chi connectivity index (χ4n) is 2.10. The normalized spacial score (nSPS) is 13.1. The molecule has 90 valence electrons. The number of rotatable bonds is 4. The predicted octanol–water partition coefficient (Wildman–Crippen LogP) is 2.55. The molecule has 0 saturated carbocycles. The van der Waals surface area contributed by atoms with Crippen molar-refractivity contribution in [3.05, 3.63) is 36.3 Å². The zero-order valence-electron chi connectivity index (χ0n) is 10.00. The van der Waals surface area contributed by atoms with Crippen LogP contribution in [0.25, 0.3) is 5.65 Å². The molecule has 1 atom stereocenters. The van der Waals surface area contributed by atoms with Gasteiger partial charge in [-0.15, -0.1) is 0 Å². The first-order chi connectivity index (χ1) is 8.09. The lowest BCUT2D eigenvalue weighted by Gasteiger charge is -2.18. The van der Waals surface area contributed by atoms with E-state index in [0.29, 0.717) is 0 Å². The third kappa shape index (κ3) is 2.30. The van der Waals surface area contributed by atoms with Gasteiger partial charge in [0.15, 0.2) is 0 Å². The minimum absolute atomic E-state index is 0.00935. The molecule has 0 unspecified atom stereocenters. The maximum Gasteiger partial charge on any atom is 0.304 e. The van der Waals surface area contributed by atoms with E-state index in [1.807, 2.05) is 42.6 Å². The summed E-state index contributed by atoms with van der Waals surface area (Å²) in [6.07, 6.45) is 3.85. The summed E-state index contributed by atoms with van der Waals surface area (Å²) >= 11 is 0. The van der Waals surface area contributed by atoms with Crippen molar-refractivity contribution in [2.45, 2.75) is 26.2 Å². The number of hydrogen-bond donors (Lipinski definition) is 1. The van der Waals surface area contributed by atoms with E-state index >= 15 is 0 Å². The minimum atomic E-state index is -0.769. The predicted molar refractivity (Wildman–Crippen MR) is 65.0 cm³/mol. The van der Waals surface area contributed by atoms with E-state index in [1.54, 1.807) is 6.20 Å². The summed E-state index contributed by atoms with van der Waals surface area (Å²) in [6.45, 7) is 4.08. The van der Waals surface area contributed by atoms with Gasteiger partial charge in [0.25, 0.3) is 0 Å². The molecule has 0 fully saturated rings. The molecule has 0 bridgehead atoms. The van der Waals surface area contributed by atoms with Gasteiger partial charge in [0.05, 0.1) is 6.42 Å². The summed E-state index contributed by atoms with van der Waals surface area (Å²) in [5.41, 5.74) is 1.83. The van der Waals surface area contributed by atoms with Crippen LogP contribution in [0.3, 0.4) is 0 Å². The van der Waals surface area contributed by atoms with Gasteiger partial charge in [0, 0.05) is 24.0 Å². The van der Waals surface area contributed by atoms with E-state index < -0.39 is 5.97 Å². The van der Waals surface area contributed by atoms with Crippen molar-refractivity contribution in [2.75, 3.05) is 0 Å². The van der Waals surface area contributed by atoms with Gasteiger partial charge < -0.3 is 9.51 Å². The van der Waals surface area contributed by atoms with Crippen molar-refractivity contribution in [3.8, 4) is 0 Å². The zero-order chi connectivity index (χ0) is 12.4. The van der Waals surface area contributed by atoms with Crippen LogP contribution in [-0.4, -0.2) is 20.5 Å². The van der Waals surface area contributed by atoms with E-state index in [0.717, 1.165) is 11.3 Å². The van der Waals surface area contributed by atoms with E-state index in [2.05, 4.69) is 4.98 Å². The molecule has 2 heterocycles. The molecule has 17 heavy (non-hydrogen) atoms. The van der Waals surface area contributed by atoms with Crippen LogP contribution in [0.15, 0.2) is 30.6 Å². The van der Waals surface area contributed by atoms with Crippen LogP contribution in [0.2, 0.25) is 0 Å². The fourth-order valence-corrected chi connectivity index (χ4v) is 2.10. The number of carboxylic acid groups (broad SMARTS) is 1. The van der Waals surface area contributed by atoms with Crippen LogP contribution in [0.4, 0.5) is 0 Å². The number of nitrogens with zero attached hydrogens (tertiary/aromatic N) is 2. The van der Waals surface area contributed by atoms with Gasteiger partial charge in [-0.1, -0.05) is 19.9 Å². The van der Waals surface area contributed by atoms with Crippen molar-refractivity contribution in [1.82, 2.24) is 9.38 Å². The van der Waals surface area contributed by atoms with Crippen LogP contribution in [0, 0.1) is 5.92 Å². The summed E-state index contributed by atoms with van der Waals surface area (Å²) in [7, 11) is 0. The molecule has 0 amide bonds. The van der Waals surface area contributed by atoms with Crippen LogP contribution < -0.4 is 0 Å². The Bertz CT molecular complexity index is 531. The number of aromatic nitrogens is 2. The molecule has 0 aliphatic heterocycles. The number of pyridine rings is 1. The van der Waals surface area contributed by atoms with Gasteiger partial charge in [-0.05, 0) is 18.1 Å². The summed E-state index contributed by atoms with van der Waals surface area (Å²) in [6, 6.07) is 5.77. The molecule has 0 radical (unpaired) electrons. The standard InChI is InChI=1S/C13H16N2O2/c1-9(2)10(7-13(16)17)11-8-14-12-5-3-4-6-15(11)12/h3-6,8-10H,7H2,1-2H3,(H,16,17)/t10-/m0/s1. The fraction of sp³-hybridized carbons (Fsp3) is 0.385. The molecule has 0 aliphatic rings. The van der Waals surface area contributed by atoms with Crippen LogP contribution in [-0.2, 0) is 4.79 Å². The number of aliphatic carboxylic acids is 1. The van der Waals surface area contributed by atoms with E-state index in [1.165, 1.54) is 0 Å². The largest absolute Gasteiger partial charge is 0.481 e. The van der Waals surface area contributed by atoms with E-state index in [-0.39, 0.29) is 18.3 Å². The smallest absolute Gasteiger partial charge is 0.304 e. The first-order valence-corrected chi connectivity index (χ1v) is 5.73. The lowest BCUT2D eigenvalue weighted by atomic mass is 9.90. The topological polar surface area (TPSA) is 54.6 Å². The van der Waals surface area contributed by atoms with Gasteiger partial charge in [-0.3, -0.25) is 4.79 Å². The molecule has 2 rings (SSSR count). The van der Waals surface area contributed by atoms with Gasteiger partial charge in [0.2, 0.25) is 0 Å². The third-order valence-corrected chi connectivity index (χ3v) is 3.02. The van der Waals surface area contributed by atoms with Crippen LogP contribution in [0.5, 0.6) is 0 Å². The summed E-state index contributed by atoms with van der Waals surface area (Å²) in [5, 5.41) is 8.97. The highest BCUT2D eigenvalue weighted by Gasteiger charge is 2.22. The first-order valence-electron chi connectivity index (χ1n) is 5.73. The third-order valence-electron chi connectivity index (χ3n) is 3.02. The van der Waals surface area contributed by atoms with E-state index in [9.17, 15) is 4.79 Å². The maximum atomic E-state index is 10.9. The minimum Gasteiger partial charge on any atom is -0.481 e. The molecule has 0 saturated heterocycles. The number of fused-ring (bicyclic) bond motifs is 1. The number of carboxylic acids is 1. The van der Waals surface area contributed by atoms with Crippen molar-refractivity contribution in [2.24, 2.45) is 5.92 Å². The lowest BCUT2D eigenvalue weighted by molar-refractivity contribution is -0.137. The average Bonchev–Trinajstić information content (AvgIpc) is 2.69. The summed E-state index contributed by atoms with van der Waals surface area (Å²) in [5.74, 6) is -0.509. The van der Waals surface area contributed by atoms with Gasteiger partial charge in [-0.2, -0.15) is 0 Å². The molecule has 4 heteroatoms. The van der Waals surface area contributed by atoms with Gasteiger partial charge >= 0.3 is 5.97 Å². The van der Waals surface area contributed by atoms with Crippen molar-refractivity contribution < 1.29 is 9.90 Å². The molecule has 0 aliphatic carbocycles. The molecular formula is C13H16N2O2. The number of carbonyl (C=O) groups is 1. The lowest BCUT2D eigenvalue weighted by Crippen LogP contribution is -2.14. The van der Waals surface area contributed by atoms with Gasteiger partial charge in [0.1, 0.15) is 5.65 Å². The second-order valence-corrected chi connectivity index (χ2v) is 4.56. The van der Waals surface area contributed by atoms with Crippen LogP contribution in [0.1, 0.15) is 31.9 Å². The Kier molecular flexibility index (Phi) is 3.13. The van der Waals surface area contributed by atoms with Crippen molar-refractivity contribution in [1.29, 1.82) is 0 Å². The summed E-state index contributed by atoms with van der Waals surface area (Å²) < 4.78 is 1.97. The second-order valence-electron chi connectivity index (χ2n) is 4.56. The Morgan fingerprint density at radius 1 is 1.47 bits per heavy atom. The highest BCUT2D eigenvalue weighted by molar-refractivity contribution is 5.68. The SMILES string of the molecule is CC(C)[C@H](CC(=O)O)c1cnc2ccccn12. The Morgan fingerprint density at radius 3 is 2.88 bits per heavy atom. The van der Waals surface area contributed by atoms with Crippen molar-refractivity contribution >= 4 is 11.6 Å². The first kappa shape index (κ1) is 11.6. The molecule has 2 aromatic heterocycles. The Balaban J connectivity index is 2.45. The second kappa shape index (κ2) is 4.57. The highest BCUT2D eigenvalue weighted by atomic mass is 16.4. The van der Waals surface area contributed by atoms with Crippen molar-refractivity contribution in [3.63, 3.8) is 0 Å². The average molecular weight is 232 g/mol. The molecule has 1 N–H and O–H groups in total. The maximum absolute atomic E-state index is 10.9. The van der Waals surface area contributed by atoms with E-state index in [4.69, 9.17) is 5.11 Å². The molecular weight excluding hydrogens is 216 g/mol. The Labute approximate surface area is 99.9 Å². The zero-order valence-corrected chi connectivity index (χ0v) is 10.00. The van der Waals surface area contributed by atoms with Gasteiger partial charge in [-0.25, -0.2) is 4.98 Å². The quantitative estimate of drug-likeness (QED) is 0.881. The number of hydrogen-bond acceptors (Lipinski definition) is 2. The Hall–Kier alpha value is -1.84. The monoisotopic (exact) mass is 232 g/mol. The van der Waals surface area contributed by atoms with Crippen LogP contribution >= 0.6 is 0 Å². The molecule has 0 spiro atoms. The Morgan fingerprint density at radius 2 is 2.24 bits per heavy atom. The molecule has 4 nitrogen and oxygen atoms in total. The molecule has 0 aromatic carbocycles.